The number of rotatable bonds is 4. The molecule has 0 saturated heterocycles. The van der Waals surface area contributed by atoms with Gasteiger partial charge in [-0.25, -0.2) is 9.37 Å². The molecular weight excluding hydrogens is 439 g/mol. The van der Waals surface area contributed by atoms with E-state index < -0.39 is 0 Å². The molecule has 2 aromatic carbocycles. The molecule has 0 unspecified atom stereocenters. The second-order valence-corrected chi connectivity index (χ2v) is 8.58. The van der Waals surface area contributed by atoms with Crippen LogP contribution in [0.25, 0.3) is 28.1 Å². The number of benzene rings is 3. The Labute approximate surface area is 202 Å². The summed E-state index contributed by atoms with van der Waals surface area (Å²) in [6.45, 7) is 6.00. The van der Waals surface area contributed by atoms with Crippen molar-refractivity contribution in [1.29, 1.82) is 5.26 Å². The van der Waals surface area contributed by atoms with E-state index in [2.05, 4.69) is 16.4 Å². The summed E-state index contributed by atoms with van der Waals surface area (Å²) in [6.07, 6.45) is 1.76. The van der Waals surface area contributed by atoms with Gasteiger partial charge in [-0.2, -0.15) is 5.26 Å². The van der Waals surface area contributed by atoms with Gasteiger partial charge in [-0.1, -0.05) is 0 Å². The number of nitrogens with one attached hydrogen (secondary N) is 1. The minimum absolute atomic E-state index is 0.0638. The van der Waals surface area contributed by atoms with Crippen molar-refractivity contribution in [3.8, 4) is 23.1 Å². The first kappa shape index (κ1) is 22.2. The average Bonchev–Trinajstić information content (AvgIpc) is 2.84. The summed E-state index contributed by atoms with van der Waals surface area (Å²) >= 11 is 0. The second kappa shape index (κ2) is 8.99. The van der Waals surface area contributed by atoms with Crippen LogP contribution < -0.4 is 10.7 Å². The lowest BCUT2D eigenvalue weighted by Crippen LogP contribution is -2.17. The number of pyridine rings is 1. The Morgan fingerprint density at radius 1 is 1.03 bits per heavy atom. The topological polar surface area (TPSA) is 78.9 Å². The van der Waals surface area contributed by atoms with Crippen molar-refractivity contribution >= 4 is 22.4 Å². The normalized spacial score (nSPS) is 11.8. The predicted molar refractivity (Wildman–Crippen MR) is 135 cm³/mol. The van der Waals surface area contributed by atoms with Crippen LogP contribution in [0.2, 0.25) is 0 Å². The molecular formula is C28H23FN6. The lowest BCUT2D eigenvalue weighted by molar-refractivity contribution is 0.627. The van der Waals surface area contributed by atoms with Crippen LogP contribution in [0.5, 0.6) is 0 Å². The number of nitriles is 1. The first-order valence-corrected chi connectivity index (χ1v) is 11.3. The van der Waals surface area contributed by atoms with Gasteiger partial charge in [0, 0.05) is 17.9 Å². The molecule has 0 bridgehead atoms. The predicted octanol–water partition coefficient (Wildman–Crippen LogP) is 5.90. The van der Waals surface area contributed by atoms with Crippen LogP contribution >= 0.6 is 0 Å². The van der Waals surface area contributed by atoms with Crippen molar-refractivity contribution in [2.75, 3.05) is 5.32 Å². The molecule has 2 aliphatic rings. The van der Waals surface area contributed by atoms with Gasteiger partial charge in [-0.3, -0.25) is 9.98 Å². The van der Waals surface area contributed by atoms with Gasteiger partial charge in [0.05, 0.1) is 56.5 Å². The molecule has 35 heavy (non-hydrogen) atoms. The number of nitrogens with zero attached hydrogens (tertiary/aromatic N) is 5. The van der Waals surface area contributed by atoms with Gasteiger partial charge in [-0.05, 0) is 87.5 Å². The molecule has 2 heterocycles. The van der Waals surface area contributed by atoms with Crippen LogP contribution in [0.15, 0.2) is 77.9 Å². The summed E-state index contributed by atoms with van der Waals surface area (Å²) in [5, 5.41) is 13.7. The van der Waals surface area contributed by atoms with Gasteiger partial charge in [0.15, 0.2) is 0 Å². The minimum atomic E-state index is -0.308. The SMILES string of the molecule is Cc1ncccc1Nc1cc2nc3cc(C#N)ccc3n(-c3ccc(F)cc3)c-2cc1=NC(C)C. The summed E-state index contributed by atoms with van der Waals surface area (Å²) in [5.74, 6) is -0.308. The maximum Gasteiger partial charge on any atom is 0.123 e. The summed E-state index contributed by atoms with van der Waals surface area (Å²) in [7, 11) is 0. The van der Waals surface area contributed by atoms with Gasteiger partial charge in [-0.15, -0.1) is 0 Å². The number of aromatic nitrogens is 3. The lowest BCUT2D eigenvalue weighted by Gasteiger charge is -2.20. The monoisotopic (exact) mass is 462 g/mol. The average molecular weight is 463 g/mol. The largest absolute Gasteiger partial charge is 0.352 e. The van der Waals surface area contributed by atoms with E-state index in [9.17, 15) is 9.65 Å². The van der Waals surface area contributed by atoms with Crippen molar-refractivity contribution in [3.05, 3.63) is 95.4 Å². The smallest absolute Gasteiger partial charge is 0.123 e. The molecule has 1 aliphatic heterocycles. The van der Waals surface area contributed by atoms with Crippen LogP contribution in [0, 0.1) is 24.1 Å². The first-order valence-electron chi connectivity index (χ1n) is 11.3. The summed E-state index contributed by atoms with van der Waals surface area (Å²) in [6, 6.07) is 21.8. The van der Waals surface area contributed by atoms with E-state index in [1.165, 1.54) is 12.1 Å². The van der Waals surface area contributed by atoms with Gasteiger partial charge in [0.25, 0.3) is 0 Å². The van der Waals surface area contributed by atoms with Crippen LogP contribution in [0.1, 0.15) is 25.1 Å². The summed E-state index contributed by atoms with van der Waals surface area (Å²) in [5.41, 5.74) is 6.86. The van der Waals surface area contributed by atoms with E-state index in [0.29, 0.717) is 16.8 Å². The zero-order valence-corrected chi connectivity index (χ0v) is 19.6. The fourth-order valence-electron chi connectivity index (χ4n) is 4.08. The van der Waals surface area contributed by atoms with Crippen LogP contribution in [0.4, 0.5) is 15.8 Å². The maximum absolute atomic E-state index is 13.7. The first-order chi connectivity index (χ1) is 16.9. The van der Waals surface area contributed by atoms with Crippen LogP contribution in [-0.2, 0) is 0 Å². The van der Waals surface area contributed by atoms with Crippen LogP contribution in [-0.4, -0.2) is 20.6 Å². The van der Waals surface area contributed by atoms with E-state index in [4.69, 9.17) is 9.98 Å². The van der Waals surface area contributed by atoms with E-state index in [1.54, 1.807) is 30.5 Å². The third-order valence-corrected chi connectivity index (χ3v) is 5.68. The molecule has 0 spiro atoms. The zero-order valence-electron chi connectivity index (χ0n) is 19.6. The molecule has 1 aliphatic carbocycles. The number of aryl methyl sites for hydroxylation is 1. The van der Waals surface area contributed by atoms with E-state index >= 15 is 0 Å². The quantitative estimate of drug-likeness (QED) is 0.338. The van der Waals surface area contributed by atoms with Crippen molar-refractivity contribution in [2.24, 2.45) is 4.99 Å². The van der Waals surface area contributed by atoms with Crippen molar-refractivity contribution in [2.45, 2.75) is 26.8 Å². The lowest BCUT2D eigenvalue weighted by atomic mass is 10.1. The molecule has 0 radical (unpaired) electrons. The maximum atomic E-state index is 13.7. The Bertz CT molecular complexity index is 1630. The second-order valence-electron chi connectivity index (χ2n) is 8.58. The molecule has 1 N–H and O–H groups in total. The molecule has 1 aromatic heterocycles. The molecule has 0 fully saturated rings. The molecule has 7 heteroatoms. The van der Waals surface area contributed by atoms with E-state index in [0.717, 1.165) is 39.3 Å². The Morgan fingerprint density at radius 3 is 2.54 bits per heavy atom. The molecule has 3 aromatic rings. The van der Waals surface area contributed by atoms with E-state index in [1.807, 2.05) is 55.7 Å². The molecule has 0 atom stereocenters. The zero-order chi connectivity index (χ0) is 24.5. The van der Waals surface area contributed by atoms with Crippen molar-refractivity contribution in [1.82, 2.24) is 14.5 Å². The molecule has 0 saturated carbocycles. The molecule has 172 valence electrons. The third-order valence-electron chi connectivity index (χ3n) is 5.68. The number of hydrogen-bond donors (Lipinski definition) is 1. The number of halogens is 1. The standard InChI is InChI=1S/C28H23FN6/c1-17(2)32-24-15-28-26(14-23(24)33-22-5-4-12-31-18(22)3)34-25-13-19(16-30)6-11-27(25)35(28)21-9-7-20(29)8-10-21/h4-15,17,33H,1-3H3. The number of anilines is 2. The fraction of sp³-hybridized carbons (Fsp3) is 0.143. The fourth-order valence-corrected chi connectivity index (χ4v) is 4.08. The van der Waals surface area contributed by atoms with Crippen molar-refractivity contribution in [3.63, 3.8) is 0 Å². The Hall–Kier alpha value is -4.57. The highest BCUT2D eigenvalue weighted by atomic mass is 19.1. The van der Waals surface area contributed by atoms with Crippen molar-refractivity contribution < 1.29 is 4.39 Å². The third kappa shape index (κ3) is 4.34. The Morgan fingerprint density at radius 2 is 1.83 bits per heavy atom. The van der Waals surface area contributed by atoms with Gasteiger partial charge >= 0.3 is 0 Å². The van der Waals surface area contributed by atoms with Crippen LogP contribution in [0.3, 0.4) is 0 Å². The molecule has 6 nitrogen and oxygen atoms in total. The number of fused-ring (bicyclic) bond motifs is 2. The highest BCUT2D eigenvalue weighted by Crippen LogP contribution is 2.31. The van der Waals surface area contributed by atoms with Gasteiger partial charge < -0.3 is 9.88 Å². The Balaban J connectivity index is 1.85. The Kier molecular flexibility index (Phi) is 5.71. The van der Waals surface area contributed by atoms with E-state index in [-0.39, 0.29) is 11.9 Å². The summed E-state index contributed by atoms with van der Waals surface area (Å²) < 4.78 is 15.8. The minimum Gasteiger partial charge on any atom is -0.352 e. The van der Waals surface area contributed by atoms with Gasteiger partial charge in [0.2, 0.25) is 0 Å². The highest BCUT2D eigenvalue weighted by molar-refractivity contribution is 5.85. The summed E-state index contributed by atoms with van der Waals surface area (Å²) in [4.78, 5) is 14.1. The highest BCUT2D eigenvalue weighted by Gasteiger charge is 2.17. The molecule has 5 rings (SSSR count). The molecule has 0 amide bonds. The number of hydrogen-bond acceptors (Lipinski definition) is 5. The van der Waals surface area contributed by atoms with Gasteiger partial charge in [0.1, 0.15) is 5.82 Å².